The van der Waals surface area contributed by atoms with Crippen molar-refractivity contribution < 1.29 is 0 Å². The van der Waals surface area contributed by atoms with Gasteiger partial charge in [-0.1, -0.05) is 84.9 Å². The zero-order chi connectivity index (χ0) is 22.5. The van der Waals surface area contributed by atoms with Gasteiger partial charge < -0.3 is 0 Å². The van der Waals surface area contributed by atoms with Crippen LogP contribution in [0.15, 0.2) is 121 Å². The van der Waals surface area contributed by atoms with Gasteiger partial charge in [0, 0.05) is 33.3 Å². The van der Waals surface area contributed by atoms with Gasteiger partial charge in [-0.05, 0) is 52.4 Å². The van der Waals surface area contributed by atoms with Gasteiger partial charge in [-0.15, -0.1) is 0 Å². The maximum Gasteiger partial charge on any atom is 0.0794 e. The van der Waals surface area contributed by atoms with E-state index in [2.05, 4.69) is 114 Å². The molecule has 0 atom stereocenters. The molecule has 0 aliphatic carbocycles. The molecular weight excluding hydrogens is 412 g/mol. The summed E-state index contributed by atoms with van der Waals surface area (Å²) in [5, 5.41) is 5.89. The van der Waals surface area contributed by atoms with Gasteiger partial charge in [0.2, 0.25) is 0 Å². The molecular formula is C32H20N2. The van der Waals surface area contributed by atoms with E-state index in [0.29, 0.717) is 0 Å². The van der Waals surface area contributed by atoms with E-state index in [1.54, 1.807) is 0 Å². The number of fused-ring (bicyclic) bond motifs is 5. The summed E-state index contributed by atoms with van der Waals surface area (Å²) in [6.07, 6.45) is 1.84. The Bertz CT molecular complexity index is 1870. The second-order valence-corrected chi connectivity index (χ2v) is 8.68. The molecule has 2 heterocycles. The largest absolute Gasteiger partial charge is 0.256 e. The number of hydrogen-bond acceptors (Lipinski definition) is 2. The lowest BCUT2D eigenvalue weighted by Gasteiger charge is -2.14. The first-order valence-electron chi connectivity index (χ1n) is 11.5. The van der Waals surface area contributed by atoms with E-state index < -0.39 is 0 Å². The molecule has 7 aromatic rings. The maximum atomic E-state index is 5.10. The molecule has 34 heavy (non-hydrogen) atoms. The van der Waals surface area contributed by atoms with Crippen molar-refractivity contribution in [1.82, 2.24) is 9.97 Å². The molecule has 0 fully saturated rings. The van der Waals surface area contributed by atoms with Gasteiger partial charge in [0.15, 0.2) is 0 Å². The normalized spacial score (nSPS) is 11.5. The lowest BCUT2D eigenvalue weighted by molar-refractivity contribution is 1.41. The van der Waals surface area contributed by atoms with Crippen LogP contribution in [0.1, 0.15) is 0 Å². The van der Waals surface area contributed by atoms with Gasteiger partial charge >= 0.3 is 0 Å². The Balaban J connectivity index is 1.52. The molecule has 0 saturated carbocycles. The molecule has 0 saturated heterocycles. The minimum absolute atomic E-state index is 1.01. The summed E-state index contributed by atoms with van der Waals surface area (Å²) in [6, 6.07) is 40.8. The highest BCUT2D eigenvalue weighted by atomic mass is 14.7. The van der Waals surface area contributed by atoms with Crippen molar-refractivity contribution in [2.45, 2.75) is 0 Å². The summed E-state index contributed by atoms with van der Waals surface area (Å²) in [5.41, 5.74) is 7.89. The third-order valence-corrected chi connectivity index (χ3v) is 6.66. The minimum Gasteiger partial charge on any atom is -0.256 e. The molecule has 158 valence electrons. The summed E-state index contributed by atoms with van der Waals surface area (Å²) in [6.45, 7) is 0. The molecule has 0 unspecified atom stereocenters. The first-order chi connectivity index (χ1) is 16.8. The van der Waals surface area contributed by atoms with E-state index in [0.717, 1.165) is 21.9 Å². The second-order valence-electron chi connectivity index (χ2n) is 8.68. The zero-order valence-electron chi connectivity index (χ0n) is 18.4. The minimum atomic E-state index is 1.01. The summed E-state index contributed by atoms with van der Waals surface area (Å²) in [7, 11) is 0. The first kappa shape index (κ1) is 19.0. The molecule has 0 N–H and O–H groups in total. The number of benzene rings is 5. The highest BCUT2D eigenvalue weighted by molar-refractivity contribution is 6.17. The van der Waals surface area contributed by atoms with Gasteiger partial charge in [-0.25, -0.2) is 4.98 Å². The van der Waals surface area contributed by atoms with Crippen molar-refractivity contribution >= 4 is 43.5 Å². The van der Waals surface area contributed by atoms with Gasteiger partial charge in [0.05, 0.1) is 16.6 Å². The number of hydrogen-bond donors (Lipinski definition) is 0. The van der Waals surface area contributed by atoms with Crippen molar-refractivity contribution in [3.8, 4) is 22.3 Å². The Morgan fingerprint density at radius 1 is 0.441 bits per heavy atom. The van der Waals surface area contributed by atoms with Crippen LogP contribution in [0.4, 0.5) is 0 Å². The van der Waals surface area contributed by atoms with Crippen molar-refractivity contribution in [3.05, 3.63) is 121 Å². The lowest BCUT2D eigenvalue weighted by Crippen LogP contribution is -1.91. The highest BCUT2D eigenvalue weighted by Gasteiger charge is 2.14. The van der Waals surface area contributed by atoms with Gasteiger partial charge in [-0.2, -0.15) is 0 Å². The Morgan fingerprint density at radius 2 is 1.24 bits per heavy atom. The van der Waals surface area contributed by atoms with Crippen LogP contribution < -0.4 is 0 Å². The van der Waals surface area contributed by atoms with E-state index in [4.69, 9.17) is 4.98 Å². The molecule has 0 aliphatic rings. The summed E-state index contributed by atoms with van der Waals surface area (Å²) < 4.78 is 0. The smallest absolute Gasteiger partial charge is 0.0794 e. The van der Waals surface area contributed by atoms with E-state index in [1.165, 1.54) is 43.8 Å². The third-order valence-electron chi connectivity index (χ3n) is 6.66. The maximum absolute atomic E-state index is 5.10. The van der Waals surface area contributed by atoms with Crippen molar-refractivity contribution in [1.29, 1.82) is 0 Å². The summed E-state index contributed by atoms with van der Waals surface area (Å²) in [5.74, 6) is 0. The van der Waals surface area contributed by atoms with E-state index in [-0.39, 0.29) is 0 Å². The summed E-state index contributed by atoms with van der Waals surface area (Å²) in [4.78, 5) is 9.57. The van der Waals surface area contributed by atoms with Crippen molar-refractivity contribution in [2.24, 2.45) is 0 Å². The van der Waals surface area contributed by atoms with Crippen LogP contribution in [0.3, 0.4) is 0 Å². The van der Waals surface area contributed by atoms with E-state index in [9.17, 15) is 0 Å². The lowest BCUT2D eigenvalue weighted by atomic mass is 9.92. The predicted molar refractivity (Wildman–Crippen MR) is 143 cm³/mol. The zero-order valence-corrected chi connectivity index (χ0v) is 18.4. The van der Waals surface area contributed by atoms with Crippen LogP contribution >= 0.6 is 0 Å². The number of pyridine rings is 2. The average molecular weight is 433 g/mol. The van der Waals surface area contributed by atoms with Crippen LogP contribution in [0.5, 0.6) is 0 Å². The fourth-order valence-corrected chi connectivity index (χ4v) is 5.05. The van der Waals surface area contributed by atoms with E-state index in [1.807, 2.05) is 12.3 Å². The fourth-order valence-electron chi connectivity index (χ4n) is 5.05. The molecule has 0 spiro atoms. The third kappa shape index (κ3) is 2.96. The van der Waals surface area contributed by atoms with Gasteiger partial charge in [0.25, 0.3) is 0 Å². The Hall–Kier alpha value is -4.56. The number of aromatic nitrogens is 2. The second kappa shape index (κ2) is 7.50. The molecule has 0 amide bonds. The molecule has 5 aromatic carbocycles. The van der Waals surface area contributed by atoms with Crippen LogP contribution in [0.2, 0.25) is 0 Å². The Morgan fingerprint density at radius 3 is 2.21 bits per heavy atom. The van der Waals surface area contributed by atoms with Crippen molar-refractivity contribution in [2.75, 3.05) is 0 Å². The van der Waals surface area contributed by atoms with Crippen LogP contribution in [-0.4, -0.2) is 9.97 Å². The van der Waals surface area contributed by atoms with Crippen molar-refractivity contribution in [3.63, 3.8) is 0 Å². The standard InChI is InChI=1S/C32H20N2/c1-2-11-26-21(7-1)14-16-28-31(27-12-3-4-13-30(27)34-32(26)28)25-9-5-8-22(20-25)23-15-17-29-24(19-23)10-6-18-33-29/h1-20H. The Kier molecular flexibility index (Phi) is 4.18. The van der Waals surface area contributed by atoms with Crippen LogP contribution in [0.25, 0.3) is 65.7 Å². The monoisotopic (exact) mass is 432 g/mol. The molecule has 2 aromatic heterocycles. The van der Waals surface area contributed by atoms with Gasteiger partial charge in [0.1, 0.15) is 0 Å². The number of para-hydroxylation sites is 1. The van der Waals surface area contributed by atoms with E-state index >= 15 is 0 Å². The molecule has 0 radical (unpaired) electrons. The van der Waals surface area contributed by atoms with Gasteiger partial charge in [-0.3, -0.25) is 4.98 Å². The quantitative estimate of drug-likeness (QED) is 0.202. The summed E-state index contributed by atoms with van der Waals surface area (Å²) >= 11 is 0. The van der Waals surface area contributed by atoms with Crippen LogP contribution in [0, 0.1) is 0 Å². The molecule has 7 rings (SSSR count). The SMILES string of the molecule is c1cc(-c2ccc3ncccc3c2)cc(-c2c3ccccc3nc3c2ccc2ccccc23)c1. The predicted octanol–water partition coefficient (Wildman–Crippen LogP) is 8.42. The average Bonchev–Trinajstić information content (AvgIpc) is 2.91. The number of rotatable bonds is 2. The topological polar surface area (TPSA) is 25.8 Å². The molecule has 0 bridgehead atoms. The van der Waals surface area contributed by atoms with Crippen LogP contribution in [-0.2, 0) is 0 Å². The number of nitrogens with zero attached hydrogens (tertiary/aromatic N) is 2. The molecule has 0 aliphatic heterocycles. The molecule has 2 nitrogen and oxygen atoms in total. The fraction of sp³-hybridized carbons (Fsp3) is 0. The Labute approximate surface area is 197 Å². The molecule has 2 heteroatoms. The highest BCUT2D eigenvalue weighted by Crippen LogP contribution is 2.38. The first-order valence-corrected chi connectivity index (χ1v) is 11.5.